The Kier molecular flexibility index (Phi) is 3.55. The number of nitrogens with one attached hydrogen (secondary N) is 1. The lowest BCUT2D eigenvalue weighted by Gasteiger charge is -2.09. The predicted octanol–water partition coefficient (Wildman–Crippen LogP) is 2.57. The number of anilines is 1. The van der Waals surface area contributed by atoms with Crippen LogP contribution >= 0.6 is 0 Å². The van der Waals surface area contributed by atoms with E-state index in [-0.39, 0.29) is 11.7 Å². The van der Waals surface area contributed by atoms with Gasteiger partial charge in [0.25, 0.3) is 5.91 Å². The van der Waals surface area contributed by atoms with Gasteiger partial charge in [0.15, 0.2) is 0 Å². The molecule has 1 unspecified atom stereocenters. The molecule has 4 rings (SSSR count). The van der Waals surface area contributed by atoms with E-state index < -0.39 is 6.10 Å². The van der Waals surface area contributed by atoms with Gasteiger partial charge in [-0.05, 0) is 30.5 Å². The second kappa shape index (κ2) is 5.74. The van der Waals surface area contributed by atoms with Gasteiger partial charge in [-0.2, -0.15) is 5.10 Å². The van der Waals surface area contributed by atoms with Crippen molar-refractivity contribution in [2.75, 3.05) is 5.32 Å². The SMILES string of the molecule is Cn1nc(C2CC2)cc1NC(=O)C1CC(c2ccc(F)cc2)=NO1. The van der Waals surface area contributed by atoms with Gasteiger partial charge in [0, 0.05) is 25.5 Å². The number of carbonyl (C=O) groups excluding carboxylic acids is 1. The minimum atomic E-state index is -0.690. The Hall–Kier alpha value is -2.70. The Morgan fingerprint density at radius 2 is 2.08 bits per heavy atom. The van der Waals surface area contributed by atoms with Crippen molar-refractivity contribution in [2.45, 2.75) is 31.3 Å². The molecule has 2 heterocycles. The summed E-state index contributed by atoms with van der Waals surface area (Å²) in [6, 6.07) is 7.88. The van der Waals surface area contributed by atoms with Gasteiger partial charge in [0.05, 0.1) is 11.4 Å². The predicted molar refractivity (Wildman–Crippen MR) is 86.2 cm³/mol. The molecule has 6 nitrogen and oxygen atoms in total. The van der Waals surface area contributed by atoms with Crippen molar-refractivity contribution >= 4 is 17.4 Å². The van der Waals surface area contributed by atoms with Crippen molar-refractivity contribution in [1.29, 1.82) is 0 Å². The highest BCUT2D eigenvalue weighted by atomic mass is 19.1. The number of amides is 1. The lowest BCUT2D eigenvalue weighted by atomic mass is 10.0. The van der Waals surface area contributed by atoms with Crippen LogP contribution in [0, 0.1) is 5.82 Å². The molecule has 124 valence electrons. The number of hydrogen-bond acceptors (Lipinski definition) is 4. The summed E-state index contributed by atoms with van der Waals surface area (Å²) < 4.78 is 14.6. The van der Waals surface area contributed by atoms with E-state index in [1.807, 2.05) is 6.07 Å². The standard InChI is InChI=1S/C17H17FN4O2/c1-22-16(9-13(20-22)10-2-3-10)19-17(23)15-8-14(21-24-15)11-4-6-12(18)7-5-11/h4-7,9-10,15H,2-3,8H2,1H3,(H,19,23). The first-order chi connectivity index (χ1) is 11.6. The van der Waals surface area contributed by atoms with E-state index >= 15 is 0 Å². The maximum Gasteiger partial charge on any atom is 0.269 e. The lowest BCUT2D eigenvalue weighted by molar-refractivity contribution is -0.125. The van der Waals surface area contributed by atoms with Crippen LogP contribution in [-0.4, -0.2) is 27.5 Å². The molecule has 0 saturated heterocycles. The van der Waals surface area contributed by atoms with Crippen molar-refractivity contribution in [2.24, 2.45) is 12.2 Å². The summed E-state index contributed by atoms with van der Waals surface area (Å²) in [6.45, 7) is 0. The molecular formula is C17H17FN4O2. The summed E-state index contributed by atoms with van der Waals surface area (Å²) in [5, 5.41) is 11.2. The molecule has 1 aromatic heterocycles. The van der Waals surface area contributed by atoms with Gasteiger partial charge in [-0.15, -0.1) is 0 Å². The highest BCUT2D eigenvalue weighted by Gasteiger charge is 2.31. The summed E-state index contributed by atoms with van der Waals surface area (Å²) in [7, 11) is 1.80. The van der Waals surface area contributed by atoms with Gasteiger partial charge in [-0.3, -0.25) is 9.48 Å². The zero-order chi connectivity index (χ0) is 16.7. The third-order valence-corrected chi connectivity index (χ3v) is 4.28. The van der Waals surface area contributed by atoms with Crippen LogP contribution in [0.15, 0.2) is 35.5 Å². The molecule has 24 heavy (non-hydrogen) atoms. The van der Waals surface area contributed by atoms with Crippen molar-refractivity contribution in [1.82, 2.24) is 9.78 Å². The lowest BCUT2D eigenvalue weighted by Crippen LogP contribution is -2.28. The van der Waals surface area contributed by atoms with Crippen molar-refractivity contribution in [3.63, 3.8) is 0 Å². The molecule has 1 fully saturated rings. The Morgan fingerprint density at radius 1 is 1.33 bits per heavy atom. The first-order valence-corrected chi connectivity index (χ1v) is 7.93. The Labute approximate surface area is 138 Å². The fraction of sp³-hybridized carbons (Fsp3) is 0.353. The van der Waals surface area contributed by atoms with E-state index in [4.69, 9.17) is 4.84 Å². The molecule has 1 aliphatic carbocycles. The zero-order valence-electron chi connectivity index (χ0n) is 13.2. The van der Waals surface area contributed by atoms with Crippen LogP contribution in [-0.2, 0) is 16.7 Å². The minimum Gasteiger partial charge on any atom is -0.382 e. The number of oxime groups is 1. The number of nitrogens with zero attached hydrogens (tertiary/aromatic N) is 3. The Bertz CT molecular complexity index is 808. The molecule has 0 spiro atoms. The molecule has 1 aromatic carbocycles. The van der Waals surface area contributed by atoms with Crippen molar-refractivity contribution < 1.29 is 14.0 Å². The maximum atomic E-state index is 13.0. The average molecular weight is 328 g/mol. The molecule has 2 aliphatic rings. The van der Waals surface area contributed by atoms with Crippen LogP contribution in [0.1, 0.15) is 36.4 Å². The van der Waals surface area contributed by atoms with Gasteiger partial charge in [-0.1, -0.05) is 17.3 Å². The Balaban J connectivity index is 1.40. The van der Waals surface area contributed by atoms with E-state index in [0.29, 0.717) is 23.9 Å². The minimum absolute atomic E-state index is 0.263. The summed E-state index contributed by atoms with van der Waals surface area (Å²) in [5.41, 5.74) is 2.41. The monoisotopic (exact) mass is 328 g/mol. The fourth-order valence-corrected chi connectivity index (χ4v) is 2.72. The number of aromatic nitrogens is 2. The van der Waals surface area contributed by atoms with Gasteiger partial charge >= 0.3 is 0 Å². The van der Waals surface area contributed by atoms with E-state index in [1.54, 1.807) is 23.9 Å². The van der Waals surface area contributed by atoms with E-state index in [9.17, 15) is 9.18 Å². The Morgan fingerprint density at radius 3 is 2.79 bits per heavy atom. The highest BCUT2D eigenvalue weighted by Crippen LogP contribution is 2.39. The second-order valence-corrected chi connectivity index (χ2v) is 6.18. The third-order valence-electron chi connectivity index (χ3n) is 4.28. The van der Waals surface area contributed by atoms with E-state index in [0.717, 1.165) is 24.1 Å². The van der Waals surface area contributed by atoms with Crippen molar-refractivity contribution in [3.05, 3.63) is 47.4 Å². The van der Waals surface area contributed by atoms with Gasteiger partial charge < -0.3 is 10.2 Å². The number of benzene rings is 1. The van der Waals surface area contributed by atoms with Crippen LogP contribution in [0.3, 0.4) is 0 Å². The van der Waals surface area contributed by atoms with Crippen LogP contribution in [0.5, 0.6) is 0 Å². The number of halogens is 1. The topological polar surface area (TPSA) is 68.5 Å². The third kappa shape index (κ3) is 2.89. The molecule has 1 aliphatic heterocycles. The maximum absolute atomic E-state index is 13.0. The molecule has 2 aromatic rings. The first-order valence-electron chi connectivity index (χ1n) is 7.93. The summed E-state index contributed by atoms with van der Waals surface area (Å²) in [4.78, 5) is 17.6. The average Bonchev–Trinajstić information content (AvgIpc) is 3.19. The smallest absolute Gasteiger partial charge is 0.269 e. The number of hydrogen-bond donors (Lipinski definition) is 1. The van der Waals surface area contributed by atoms with E-state index in [2.05, 4.69) is 15.6 Å². The van der Waals surface area contributed by atoms with Gasteiger partial charge in [0.2, 0.25) is 6.10 Å². The summed E-state index contributed by atoms with van der Waals surface area (Å²) in [6.07, 6.45) is 1.98. The molecule has 7 heteroatoms. The van der Waals surface area contributed by atoms with Gasteiger partial charge in [0.1, 0.15) is 11.6 Å². The summed E-state index contributed by atoms with van der Waals surface area (Å²) >= 11 is 0. The van der Waals surface area contributed by atoms with Crippen molar-refractivity contribution in [3.8, 4) is 0 Å². The largest absolute Gasteiger partial charge is 0.382 e. The molecule has 1 saturated carbocycles. The quantitative estimate of drug-likeness (QED) is 0.938. The molecule has 0 bridgehead atoms. The van der Waals surface area contributed by atoms with E-state index in [1.165, 1.54) is 12.1 Å². The normalized spacial score (nSPS) is 19.8. The molecule has 1 N–H and O–H groups in total. The molecule has 1 atom stereocenters. The molecular weight excluding hydrogens is 311 g/mol. The summed E-state index contributed by atoms with van der Waals surface area (Å²) in [5.74, 6) is 0.607. The second-order valence-electron chi connectivity index (χ2n) is 6.18. The van der Waals surface area contributed by atoms with Crippen LogP contribution in [0.4, 0.5) is 10.2 Å². The first kappa shape index (κ1) is 14.9. The van der Waals surface area contributed by atoms with Gasteiger partial charge in [-0.25, -0.2) is 4.39 Å². The highest BCUT2D eigenvalue weighted by molar-refractivity contribution is 6.05. The number of aryl methyl sites for hydroxylation is 1. The fourth-order valence-electron chi connectivity index (χ4n) is 2.72. The van der Waals surface area contributed by atoms with Crippen LogP contribution in [0.25, 0.3) is 0 Å². The number of rotatable bonds is 4. The molecule has 1 amide bonds. The molecule has 0 radical (unpaired) electrons. The van der Waals surface area contributed by atoms with Crippen LogP contribution < -0.4 is 5.32 Å². The van der Waals surface area contributed by atoms with Crippen LogP contribution in [0.2, 0.25) is 0 Å². The zero-order valence-corrected chi connectivity index (χ0v) is 13.2. The number of carbonyl (C=O) groups is 1.